The number of nitrogen functional groups attached to an aromatic ring is 1. The van der Waals surface area contributed by atoms with Crippen LogP contribution in [0, 0.1) is 0 Å². The number of rotatable bonds is 3. The molecule has 0 saturated heterocycles. The Morgan fingerprint density at radius 3 is 2.60 bits per heavy atom. The molecule has 1 atom stereocenters. The zero-order valence-electron chi connectivity index (χ0n) is 13.7. The molecule has 0 saturated carbocycles. The first-order chi connectivity index (χ1) is 9.10. The van der Waals surface area contributed by atoms with Gasteiger partial charge in [-0.1, -0.05) is 0 Å². The summed E-state index contributed by atoms with van der Waals surface area (Å²) in [5.74, 6) is 0.437. The quantitative estimate of drug-likeness (QED) is 0.680. The lowest BCUT2D eigenvalue weighted by molar-refractivity contribution is 0.246. The maximum atomic E-state index is 6.17. The molecule has 1 aromatic carbocycles. The Morgan fingerprint density at radius 1 is 1.35 bits per heavy atom. The summed E-state index contributed by atoms with van der Waals surface area (Å²) >= 11 is 0. The van der Waals surface area contributed by atoms with Gasteiger partial charge in [-0.25, -0.2) is 0 Å². The lowest BCUT2D eigenvalue weighted by Gasteiger charge is -2.46. The van der Waals surface area contributed by atoms with Crippen LogP contribution in [0.3, 0.4) is 0 Å². The molecule has 2 rings (SSSR count). The Bertz CT molecular complexity index is 494. The first kappa shape index (κ1) is 15.4. The van der Waals surface area contributed by atoms with Gasteiger partial charge in [0.15, 0.2) is 8.32 Å². The Hall–Kier alpha value is -1.00. The predicted octanol–water partition coefficient (Wildman–Crippen LogP) is 3.82. The molecule has 1 aromatic rings. The van der Waals surface area contributed by atoms with Gasteiger partial charge in [-0.15, -0.1) is 0 Å². The number of hydrogen-bond donors (Lipinski definition) is 1. The molecule has 0 aliphatic carbocycles. The van der Waals surface area contributed by atoms with Gasteiger partial charge in [-0.05, 0) is 63.7 Å². The molecule has 2 N–H and O–H groups in total. The van der Waals surface area contributed by atoms with E-state index in [-0.39, 0.29) is 5.54 Å². The number of nitrogens with zero attached hydrogens (tertiary/aromatic N) is 1. The summed E-state index contributed by atoms with van der Waals surface area (Å²) in [6, 6.07) is 6.26. The third-order valence-corrected chi connectivity index (χ3v) is 5.26. The number of anilines is 2. The summed E-state index contributed by atoms with van der Waals surface area (Å²) in [6.07, 6.45) is 1.10. The van der Waals surface area contributed by atoms with Gasteiger partial charge >= 0.3 is 0 Å². The Morgan fingerprint density at radius 2 is 2.00 bits per heavy atom. The fourth-order valence-corrected chi connectivity index (χ4v) is 3.58. The van der Waals surface area contributed by atoms with E-state index >= 15 is 0 Å². The van der Waals surface area contributed by atoms with Crippen molar-refractivity contribution >= 4 is 19.7 Å². The minimum Gasteiger partial charge on any atom is -0.417 e. The second kappa shape index (κ2) is 5.08. The molecule has 1 aliphatic rings. The first-order valence-electron chi connectivity index (χ1n) is 7.37. The van der Waals surface area contributed by atoms with Gasteiger partial charge in [0.1, 0.15) is 0 Å². The molecule has 20 heavy (non-hydrogen) atoms. The zero-order valence-corrected chi connectivity index (χ0v) is 14.7. The topological polar surface area (TPSA) is 38.5 Å². The summed E-state index contributed by atoms with van der Waals surface area (Å²) in [7, 11) is 0.687. The molecule has 3 nitrogen and oxygen atoms in total. The Labute approximate surface area is 124 Å². The number of benzene rings is 1. The van der Waals surface area contributed by atoms with E-state index < -0.39 is 8.32 Å². The van der Waals surface area contributed by atoms with E-state index in [1.54, 1.807) is 0 Å². The summed E-state index contributed by atoms with van der Waals surface area (Å²) < 4.78 is 6.17. The summed E-state index contributed by atoms with van der Waals surface area (Å²) in [6.45, 7) is 12.1. The summed E-state index contributed by atoms with van der Waals surface area (Å²) in [5.41, 5.74) is 9.61. The third-order valence-electron chi connectivity index (χ3n) is 4.22. The van der Waals surface area contributed by atoms with Crippen molar-refractivity contribution in [2.75, 3.05) is 24.3 Å². The summed E-state index contributed by atoms with van der Waals surface area (Å²) in [5, 5.41) is 0. The Kier molecular flexibility index (Phi) is 3.91. The average molecular weight is 292 g/mol. The van der Waals surface area contributed by atoms with E-state index in [0.29, 0.717) is 5.92 Å². The molecule has 0 radical (unpaired) electrons. The number of nitrogens with two attached hydrogens (primary N) is 1. The van der Waals surface area contributed by atoms with Crippen molar-refractivity contribution < 1.29 is 4.43 Å². The smallest absolute Gasteiger partial charge is 0.183 e. The van der Waals surface area contributed by atoms with Crippen LogP contribution in [-0.4, -0.2) is 27.5 Å². The van der Waals surface area contributed by atoms with E-state index in [2.05, 4.69) is 57.6 Å². The normalized spacial score (nSPS) is 21.7. The van der Waals surface area contributed by atoms with E-state index in [4.69, 9.17) is 10.2 Å². The molecule has 0 spiro atoms. The molecule has 0 bridgehead atoms. The standard InChI is InChI=1S/C16H28N2OSi/c1-16(2)10-12(11-19-20(4,5)6)14-9-13(17)7-8-15(14)18(16)3/h7-9,12H,10-11,17H2,1-6H3. The van der Waals surface area contributed by atoms with Crippen molar-refractivity contribution in [2.24, 2.45) is 0 Å². The number of hydrogen-bond acceptors (Lipinski definition) is 3. The van der Waals surface area contributed by atoms with Crippen molar-refractivity contribution in [1.82, 2.24) is 0 Å². The van der Waals surface area contributed by atoms with Gasteiger partial charge in [-0.3, -0.25) is 0 Å². The first-order valence-corrected chi connectivity index (χ1v) is 10.8. The van der Waals surface area contributed by atoms with Crippen LogP contribution in [0.5, 0.6) is 0 Å². The monoisotopic (exact) mass is 292 g/mol. The molecule has 0 aromatic heterocycles. The highest BCUT2D eigenvalue weighted by Gasteiger charge is 2.36. The second-order valence-corrected chi connectivity index (χ2v) is 12.0. The van der Waals surface area contributed by atoms with Crippen LogP contribution in [-0.2, 0) is 4.43 Å². The second-order valence-electron chi connectivity index (χ2n) is 7.51. The van der Waals surface area contributed by atoms with Crippen molar-refractivity contribution in [1.29, 1.82) is 0 Å². The molecule has 0 amide bonds. The van der Waals surface area contributed by atoms with Crippen molar-refractivity contribution in [3.8, 4) is 0 Å². The van der Waals surface area contributed by atoms with Gasteiger partial charge in [-0.2, -0.15) is 0 Å². The fraction of sp³-hybridized carbons (Fsp3) is 0.625. The minimum atomic E-state index is -1.48. The largest absolute Gasteiger partial charge is 0.417 e. The van der Waals surface area contributed by atoms with E-state index in [0.717, 1.165) is 18.7 Å². The zero-order chi connectivity index (χ0) is 15.1. The predicted molar refractivity (Wildman–Crippen MR) is 90.0 cm³/mol. The SMILES string of the molecule is CN1c2ccc(N)cc2C(CO[Si](C)(C)C)CC1(C)C. The van der Waals surface area contributed by atoms with Gasteiger partial charge in [0.05, 0.1) is 0 Å². The molecular weight excluding hydrogens is 264 g/mol. The highest BCUT2D eigenvalue weighted by molar-refractivity contribution is 6.69. The molecule has 1 heterocycles. The Balaban J connectivity index is 2.33. The molecule has 1 unspecified atom stereocenters. The summed E-state index contributed by atoms with van der Waals surface area (Å²) in [4.78, 5) is 2.37. The number of fused-ring (bicyclic) bond motifs is 1. The maximum Gasteiger partial charge on any atom is 0.183 e. The van der Waals surface area contributed by atoms with Gasteiger partial charge < -0.3 is 15.1 Å². The van der Waals surface area contributed by atoms with E-state index in [1.807, 2.05) is 6.07 Å². The van der Waals surface area contributed by atoms with Crippen molar-refractivity contribution in [2.45, 2.75) is 51.4 Å². The molecule has 0 fully saturated rings. The average Bonchev–Trinajstić information content (AvgIpc) is 2.31. The lowest BCUT2D eigenvalue weighted by atomic mass is 9.80. The fourth-order valence-electron chi connectivity index (χ4n) is 2.88. The maximum absolute atomic E-state index is 6.17. The molecule has 1 aliphatic heterocycles. The highest BCUT2D eigenvalue weighted by atomic mass is 28.4. The van der Waals surface area contributed by atoms with Crippen molar-refractivity contribution in [3.05, 3.63) is 23.8 Å². The van der Waals surface area contributed by atoms with Gasteiger partial charge in [0.2, 0.25) is 0 Å². The van der Waals surface area contributed by atoms with Crippen LogP contribution in [0.1, 0.15) is 31.7 Å². The van der Waals surface area contributed by atoms with E-state index in [1.165, 1.54) is 11.3 Å². The van der Waals surface area contributed by atoms with Crippen LogP contribution in [0.2, 0.25) is 19.6 Å². The lowest BCUT2D eigenvalue weighted by Crippen LogP contribution is -2.47. The van der Waals surface area contributed by atoms with Crippen molar-refractivity contribution in [3.63, 3.8) is 0 Å². The minimum absolute atomic E-state index is 0.149. The molecule has 112 valence electrons. The van der Waals surface area contributed by atoms with Gasteiger partial charge in [0, 0.05) is 36.5 Å². The van der Waals surface area contributed by atoms with Crippen LogP contribution in [0.15, 0.2) is 18.2 Å². The molecular formula is C16H28N2OSi. The van der Waals surface area contributed by atoms with E-state index in [9.17, 15) is 0 Å². The van der Waals surface area contributed by atoms with Crippen LogP contribution < -0.4 is 10.6 Å². The van der Waals surface area contributed by atoms with Crippen LogP contribution in [0.4, 0.5) is 11.4 Å². The van der Waals surface area contributed by atoms with Crippen LogP contribution in [0.25, 0.3) is 0 Å². The van der Waals surface area contributed by atoms with Crippen LogP contribution >= 0.6 is 0 Å². The highest BCUT2D eigenvalue weighted by Crippen LogP contribution is 2.43. The van der Waals surface area contributed by atoms with Gasteiger partial charge in [0.25, 0.3) is 0 Å². The molecule has 4 heteroatoms. The third kappa shape index (κ3) is 3.18.